The summed E-state index contributed by atoms with van der Waals surface area (Å²) in [5.74, 6) is -0.189. The number of carboxylic acids is 1. The van der Waals surface area contributed by atoms with Gasteiger partial charge in [-0.25, -0.2) is 0 Å². The van der Waals surface area contributed by atoms with Crippen LogP contribution in [0, 0.1) is 5.92 Å². The number of hydrogen-bond acceptors (Lipinski definition) is 1. The fraction of sp³-hybridized carbons (Fsp3) is 0.969. The van der Waals surface area contributed by atoms with Crippen LogP contribution in [0.4, 0.5) is 0 Å². The summed E-state index contributed by atoms with van der Waals surface area (Å²) in [6.45, 7) is 4.56. The van der Waals surface area contributed by atoms with Crippen LogP contribution in [-0.2, 0) is 4.79 Å². The molecule has 34 heavy (non-hydrogen) atoms. The maximum atomic E-state index is 11.2. The maximum absolute atomic E-state index is 11.2. The van der Waals surface area contributed by atoms with Crippen molar-refractivity contribution in [3.05, 3.63) is 0 Å². The number of hydrogen-bond donors (Lipinski definition) is 1. The van der Waals surface area contributed by atoms with Crippen molar-refractivity contribution in [3.8, 4) is 0 Å². The first-order valence-electron chi connectivity index (χ1n) is 15.9. The van der Waals surface area contributed by atoms with Crippen LogP contribution in [-0.4, -0.2) is 11.1 Å². The first kappa shape index (κ1) is 33.5. The Labute approximate surface area is 215 Å². The number of carbonyl (C=O) groups is 1. The van der Waals surface area contributed by atoms with Crippen molar-refractivity contribution in [2.75, 3.05) is 0 Å². The Balaban J connectivity index is 3.47. The molecule has 0 heterocycles. The Morgan fingerprint density at radius 2 is 0.676 bits per heavy atom. The number of carboxylic acid groups (broad SMARTS) is 1. The molecule has 0 aliphatic heterocycles. The van der Waals surface area contributed by atoms with Crippen molar-refractivity contribution in [1.82, 2.24) is 0 Å². The molecule has 204 valence electrons. The fourth-order valence-corrected chi connectivity index (χ4v) is 5.32. The van der Waals surface area contributed by atoms with Gasteiger partial charge in [0.1, 0.15) is 0 Å². The van der Waals surface area contributed by atoms with Gasteiger partial charge in [0.25, 0.3) is 0 Å². The van der Waals surface area contributed by atoms with E-state index in [9.17, 15) is 9.90 Å². The van der Waals surface area contributed by atoms with Crippen LogP contribution in [0.15, 0.2) is 0 Å². The van der Waals surface area contributed by atoms with Crippen LogP contribution < -0.4 is 0 Å². The van der Waals surface area contributed by atoms with Gasteiger partial charge in [-0.05, 0) is 18.8 Å². The molecule has 0 bridgehead atoms. The van der Waals surface area contributed by atoms with Gasteiger partial charge in [0, 0.05) is 6.42 Å². The lowest BCUT2D eigenvalue weighted by Gasteiger charge is -2.14. The standard InChI is InChI=1S/C32H64O2/c1-3-5-7-9-11-13-14-15-16-17-18-19-21-23-25-27-29-31(30-32(33)34)28-26-24-22-20-12-10-8-6-4-2/h31H,3-30H2,1-2H3,(H,33,34). The highest BCUT2D eigenvalue weighted by atomic mass is 16.4. The molecule has 0 aromatic heterocycles. The van der Waals surface area contributed by atoms with E-state index in [1.807, 2.05) is 0 Å². The normalized spacial score (nSPS) is 12.3. The van der Waals surface area contributed by atoms with E-state index < -0.39 is 5.97 Å². The summed E-state index contributed by atoms with van der Waals surface area (Å²) in [6.07, 6.45) is 37.1. The van der Waals surface area contributed by atoms with Gasteiger partial charge < -0.3 is 5.11 Å². The quantitative estimate of drug-likeness (QED) is 0.108. The Kier molecular flexibility index (Phi) is 28.3. The predicted octanol–water partition coefficient (Wildman–Crippen LogP) is 11.6. The maximum Gasteiger partial charge on any atom is 0.303 e. The molecule has 0 amide bonds. The summed E-state index contributed by atoms with van der Waals surface area (Å²) in [4.78, 5) is 11.2. The smallest absolute Gasteiger partial charge is 0.303 e. The molecule has 0 spiro atoms. The van der Waals surface area contributed by atoms with Crippen molar-refractivity contribution in [1.29, 1.82) is 0 Å². The van der Waals surface area contributed by atoms with Crippen LogP contribution in [0.2, 0.25) is 0 Å². The van der Waals surface area contributed by atoms with E-state index >= 15 is 0 Å². The Bertz CT molecular complexity index is 392. The molecule has 1 atom stereocenters. The van der Waals surface area contributed by atoms with Gasteiger partial charge in [0.2, 0.25) is 0 Å². The van der Waals surface area contributed by atoms with Crippen LogP contribution in [0.3, 0.4) is 0 Å². The summed E-state index contributed by atoms with van der Waals surface area (Å²) in [5, 5.41) is 9.26. The summed E-state index contributed by atoms with van der Waals surface area (Å²) >= 11 is 0. The average molecular weight is 481 g/mol. The molecule has 2 nitrogen and oxygen atoms in total. The molecule has 2 heteroatoms. The second-order valence-corrected chi connectivity index (χ2v) is 11.2. The Morgan fingerprint density at radius 3 is 0.912 bits per heavy atom. The predicted molar refractivity (Wildman–Crippen MR) is 152 cm³/mol. The molecule has 0 aliphatic carbocycles. The van der Waals surface area contributed by atoms with Crippen LogP contribution in [0.1, 0.15) is 194 Å². The zero-order valence-corrected chi connectivity index (χ0v) is 23.7. The molecule has 0 aromatic rings. The molecule has 0 aromatic carbocycles. The number of unbranched alkanes of at least 4 members (excludes halogenated alkanes) is 23. The summed E-state index contributed by atoms with van der Waals surface area (Å²) in [5.41, 5.74) is 0. The fourth-order valence-electron chi connectivity index (χ4n) is 5.32. The van der Waals surface area contributed by atoms with Crippen molar-refractivity contribution in [2.45, 2.75) is 194 Å². The molecule has 0 fully saturated rings. The zero-order chi connectivity index (χ0) is 25.0. The molecule has 0 rings (SSSR count). The average Bonchev–Trinajstić information content (AvgIpc) is 2.82. The SMILES string of the molecule is CCCCCCCCCCCCCCCCCCC(CCCCCCCCCCC)CC(=O)O. The largest absolute Gasteiger partial charge is 0.481 e. The van der Waals surface area contributed by atoms with Gasteiger partial charge in [-0.1, -0.05) is 174 Å². The molecule has 0 saturated heterocycles. The summed E-state index contributed by atoms with van der Waals surface area (Å²) < 4.78 is 0. The van der Waals surface area contributed by atoms with Crippen LogP contribution in [0.25, 0.3) is 0 Å². The van der Waals surface area contributed by atoms with Gasteiger partial charge in [-0.15, -0.1) is 0 Å². The van der Waals surface area contributed by atoms with Crippen molar-refractivity contribution in [2.24, 2.45) is 5.92 Å². The first-order chi connectivity index (χ1) is 16.7. The topological polar surface area (TPSA) is 37.3 Å². The second-order valence-electron chi connectivity index (χ2n) is 11.2. The van der Waals surface area contributed by atoms with E-state index in [2.05, 4.69) is 13.8 Å². The molecule has 0 saturated carbocycles. The minimum atomic E-state index is -0.600. The lowest BCUT2D eigenvalue weighted by atomic mass is 9.91. The number of aliphatic carboxylic acids is 1. The van der Waals surface area contributed by atoms with Crippen LogP contribution in [0.5, 0.6) is 0 Å². The highest BCUT2D eigenvalue weighted by Gasteiger charge is 2.12. The monoisotopic (exact) mass is 480 g/mol. The minimum Gasteiger partial charge on any atom is -0.481 e. The third kappa shape index (κ3) is 27.7. The van der Waals surface area contributed by atoms with Gasteiger partial charge in [-0.3, -0.25) is 4.79 Å². The van der Waals surface area contributed by atoms with Gasteiger partial charge in [-0.2, -0.15) is 0 Å². The van der Waals surface area contributed by atoms with E-state index in [1.165, 1.54) is 161 Å². The van der Waals surface area contributed by atoms with Gasteiger partial charge >= 0.3 is 5.97 Å². The van der Waals surface area contributed by atoms with Gasteiger partial charge in [0.05, 0.1) is 0 Å². The summed E-state index contributed by atoms with van der Waals surface area (Å²) in [6, 6.07) is 0. The van der Waals surface area contributed by atoms with E-state index in [1.54, 1.807) is 0 Å². The van der Waals surface area contributed by atoms with E-state index in [4.69, 9.17) is 0 Å². The zero-order valence-electron chi connectivity index (χ0n) is 23.7. The lowest BCUT2D eigenvalue weighted by molar-refractivity contribution is -0.138. The molecular formula is C32H64O2. The molecule has 1 N–H and O–H groups in total. The van der Waals surface area contributed by atoms with E-state index in [-0.39, 0.29) is 0 Å². The highest BCUT2D eigenvalue weighted by molar-refractivity contribution is 5.66. The van der Waals surface area contributed by atoms with Crippen molar-refractivity contribution in [3.63, 3.8) is 0 Å². The third-order valence-electron chi connectivity index (χ3n) is 7.65. The van der Waals surface area contributed by atoms with Gasteiger partial charge in [0.15, 0.2) is 0 Å². The van der Waals surface area contributed by atoms with Crippen LogP contribution >= 0.6 is 0 Å². The Hall–Kier alpha value is -0.530. The second kappa shape index (κ2) is 28.7. The van der Waals surface area contributed by atoms with E-state index in [0.717, 1.165) is 12.8 Å². The minimum absolute atomic E-state index is 0.385. The lowest BCUT2D eigenvalue weighted by Crippen LogP contribution is -2.08. The first-order valence-corrected chi connectivity index (χ1v) is 15.9. The molecule has 1 unspecified atom stereocenters. The van der Waals surface area contributed by atoms with Crippen molar-refractivity contribution >= 4 is 5.97 Å². The third-order valence-corrected chi connectivity index (χ3v) is 7.65. The summed E-state index contributed by atoms with van der Waals surface area (Å²) in [7, 11) is 0. The molecular weight excluding hydrogens is 416 g/mol. The number of rotatable bonds is 29. The van der Waals surface area contributed by atoms with Crippen molar-refractivity contribution < 1.29 is 9.90 Å². The van der Waals surface area contributed by atoms with E-state index in [0.29, 0.717) is 12.3 Å². The molecule has 0 aliphatic rings. The highest BCUT2D eigenvalue weighted by Crippen LogP contribution is 2.22. The molecule has 0 radical (unpaired) electrons. The Morgan fingerprint density at radius 1 is 0.441 bits per heavy atom.